The van der Waals surface area contributed by atoms with Crippen molar-refractivity contribution >= 4 is 0 Å². The van der Waals surface area contributed by atoms with Crippen LogP contribution in [0.4, 0.5) is 0 Å². The maximum atomic E-state index is 5.14. The van der Waals surface area contributed by atoms with Crippen LogP contribution >= 0.6 is 0 Å². The molecule has 3 heteroatoms. The first-order valence-electron chi connectivity index (χ1n) is 5.14. The summed E-state index contributed by atoms with van der Waals surface area (Å²) < 4.78 is 5.14. The van der Waals surface area contributed by atoms with E-state index < -0.39 is 0 Å². The van der Waals surface area contributed by atoms with Crippen molar-refractivity contribution in [2.75, 3.05) is 13.2 Å². The van der Waals surface area contributed by atoms with Gasteiger partial charge in [0, 0.05) is 17.3 Å². The molecule has 76 valence electrons. The Kier molecular flexibility index (Phi) is 2.77. The van der Waals surface area contributed by atoms with Crippen LogP contribution in [0.15, 0.2) is 12.4 Å². The maximum Gasteiger partial charge on any atom is 0.115 e. The molecule has 1 aliphatic heterocycles. The fraction of sp³-hybridized carbons (Fsp3) is 0.636. The molecule has 1 fully saturated rings. The first-order valence-corrected chi connectivity index (χ1v) is 5.14. The summed E-state index contributed by atoms with van der Waals surface area (Å²) in [6.45, 7) is 6.08. The molecule has 1 aliphatic rings. The largest absolute Gasteiger partial charge is 0.381 e. The van der Waals surface area contributed by atoms with E-state index in [2.05, 4.69) is 29.9 Å². The molecule has 0 saturated carbocycles. The summed E-state index contributed by atoms with van der Waals surface area (Å²) in [5.74, 6) is 1.15. The Balaban J connectivity index is 2.05. The molecule has 0 bridgehead atoms. The molecule has 3 nitrogen and oxygen atoms in total. The van der Waals surface area contributed by atoms with Crippen molar-refractivity contribution in [2.45, 2.75) is 26.2 Å². The SMILES string of the molecule is CC(C)c1cc(CC2COC2)ncn1. The normalized spacial score (nSPS) is 17.1. The van der Waals surface area contributed by atoms with E-state index in [1.807, 2.05) is 0 Å². The second-order valence-corrected chi connectivity index (χ2v) is 4.20. The minimum atomic E-state index is 0.481. The summed E-state index contributed by atoms with van der Waals surface area (Å²) >= 11 is 0. The van der Waals surface area contributed by atoms with Gasteiger partial charge < -0.3 is 4.74 Å². The van der Waals surface area contributed by atoms with Gasteiger partial charge in [-0.1, -0.05) is 13.8 Å². The molecule has 2 heterocycles. The van der Waals surface area contributed by atoms with E-state index >= 15 is 0 Å². The minimum absolute atomic E-state index is 0.481. The molecule has 1 aromatic heterocycles. The molecule has 0 unspecified atom stereocenters. The average Bonchev–Trinajstić information content (AvgIpc) is 2.12. The van der Waals surface area contributed by atoms with Crippen molar-refractivity contribution in [1.29, 1.82) is 0 Å². The number of hydrogen-bond donors (Lipinski definition) is 0. The average molecular weight is 192 g/mol. The molecule has 0 atom stereocenters. The van der Waals surface area contributed by atoms with Crippen LogP contribution in [0.25, 0.3) is 0 Å². The van der Waals surface area contributed by atoms with E-state index in [1.54, 1.807) is 6.33 Å². The van der Waals surface area contributed by atoms with Gasteiger partial charge in [-0.15, -0.1) is 0 Å². The van der Waals surface area contributed by atoms with Gasteiger partial charge in [-0.2, -0.15) is 0 Å². The van der Waals surface area contributed by atoms with Gasteiger partial charge in [0.1, 0.15) is 6.33 Å². The molecule has 1 aromatic rings. The number of hydrogen-bond acceptors (Lipinski definition) is 3. The molecule has 2 rings (SSSR count). The van der Waals surface area contributed by atoms with Crippen LogP contribution in [-0.2, 0) is 11.2 Å². The quantitative estimate of drug-likeness (QED) is 0.732. The van der Waals surface area contributed by atoms with Gasteiger partial charge in [-0.05, 0) is 18.4 Å². The third kappa shape index (κ3) is 2.10. The molecular weight excluding hydrogens is 176 g/mol. The number of nitrogens with zero attached hydrogens (tertiary/aromatic N) is 2. The molecular formula is C11H16N2O. The van der Waals surface area contributed by atoms with Crippen LogP contribution in [0.3, 0.4) is 0 Å². The molecule has 0 amide bonds. The Morgan fingerprint density at radius 2 is 2.21 bits per heavy atom. The molecule has 0 aliphatic carbocycles. The highest BCUT2D eigenvalue weighted by Gasteiger charge is 2.19. The Hall–Kier alpha value is -0.960. The Labute approximate surface area is 84.5 Å². The molecule has 1 saturated heterocycles. The van der Waals surface area contributed by atoms with Crippen molar-refractivity contribution in [3.8, 4) is 0 Å². The van der Waals surface area contributed by atoms with Crippen LogP contribution in [-0.4, -0.2) is 23.2 Å². The zero-order chi connectivity index (χ0) is 9.97. The Bertz CT molecular complexity index is 308. The summed E-state index contributed by atoms with van der Waals surface area (Å²) in [5.41, 5.74) is 2.28. The lowest BCUT2D eigenvalue weighted by molar-refractivity contribution is -0.0316. The lowest BCUT2D eigenvalue weighted by Crippen LogP contribution is -2.29. The summed E-state index contributed by atoms with van der Waals surface area (Å²) in [5, 5.41) is 0. The zero-order valence-electron chi connectivity index (χ0n) is 8.73. The fourth-order valence-corrected chi connectivity index (χ4v) is 1.54. The molecule has 14 heavy (non-hydrogen) atoms. The van der Waals surface area contributed by atoms with E-state index in [-0.39, 0.29) is 0 Å². The van der Waals surface area contributed by atoms with Crippen LogP contribution < -0.4 is 0 Å². The van der Waals surface area contributed by atoms with Crippen LogP contribution in [0.5, 0.6) is 0 Å². The highest BCUT2D eigenvalue weighted by Crippen LogP contribution is 2.17. The van der Waals surface area contributed by atoms with E-state index in [0.717, 1.165) is 31.0 Å². The molecule has 0 radical (unpaired) electrons. The predicted octanol–water partition coefficient (Wildman–Crippen LogP) is 1.79. The van der Waals surface area contributed by atoms with Gasteiger partial charge in [0.15, 0.2) is 0 Å². The first kappa shape index (κ1) is 9.59. The lowest BCUT2D eigenvalue weighted by Gasteiger charge is -2.25. The summed E-state index contributed by atoms with van der Waals surface area (Å²) in [6.07, 6.45) is 2.70. The highest BCUT2D eigenvalue weighted by atomic mass is 16.5. The third-order valence-corrected chi connectivity index (χ3v) is 2.54. The maximum absolute atomic E-state index is 5.14. The van der Waals surface area contributed by atoms with Crippen molar-refractivity contribution in [3.05, 3.63) is 23.8 Å². The number of rotatable bonds is 3. The summed E-state index contributed by atoms with van der Waals surface area (Å²) in [6, 6.07) is 2.11. The predicted molar refractivity (Wildman–Crippen MR) is 54.1 cm³/mol. The van der Waals surface area contributed by atoms with Crippen molar-refractivity contribution < 1.29 is 4.74 Å². The van der Waals surface area contributed by atoms with Crippen LogP contribution in [0.1, 0.15) is 31.2 Å². The van der Waals surface area contributed by atoms with Crippen molar-refractivity contribution in [1.82, 2.24) is 9.97 Å². The molecule has 0 spiro atoms. The van der Waals surface area contributed by atoms with Gasteiger partial charge in [0.05, 0.1) is 13.2 Å². The monoisotopic (exact) mass is 192 g/mol. The summed E-state index contributed by atoms with van der Waals surface area (Å²) in [7, 11) is 0. The van der Waals surface area contributed by atoms with Crippen molar-refractivity contribution in [2.24, 2.45) is 5.92 Å². The molecule has 0 aromatic carbocycles. The third-order valence-electron chi connectivity index (χ3n) is 2.54. The Morgan fingerprint density at radius 3 is 2.79 bits per heavy atom. The smallest absolute Gasteiger partial charge is 0.115 e. The van der Waals surface area contributed by atoms with Gasteiger partial charge in [-0.3, -0.25) is 0 Å². The number of ether oxygens (including phenoxy) is 1. The van der Waals surface area contributed by atoms with Gasteiger partial charge in [0.2, 0.25) is 0 Å². The first-order chi connectivity index (χ1) is 6.75. The van der Waals surface area contributed by atoms with Crippen molar-refractivity contribution in [3.63, 3.8) is 0 Å². The van der Waals surface area contributed by atoms with E-state index in [0.29, 0.717) is 11.8 Å². The van der Waals surface area contributed by atoms with E-state index in [9.17, 15) is 0 Å². The zero-order valence-corrected chi connectivity index (χ0v) is 8.73. The van der Waals surface area contributed by atoms with E-state index in [1.165, 1.54) is 0 Å². The standard InChI is InChI=1S/C11H16N2O/c1-8(2)11-4-10(12-7-13-11)3-9-5-14-6-9/h4,7-9H,3,5-6H2,1-2H3. The summed E-state index contributed by atoms with van der Waals surface area (Å²) in [4.78, 5) is 8.52. The van der Waals surface area contributed by atoms with Gasteiger partial charge >= 0.3 is 0 Å². The lowest BCUT2D eigenvalue weighted by atomic mass is 10.0. The molecule has 0 N–H and O–H groups in total. The highest BCUT2D eigenvalue weighted by molar-refractivity contribution is 5.12. The second-order valence-electron chi connectivity index (χ2n) is 4.20. The topological polar surface area (TPSA) is 35.0 Å². The number of aromatic nitrogens is 2. The van der Waals surface area contributed by atoms with E-state index in [4.69, 9.17) is 4.74 Å². The van der Waals surface area contributed by atoms with Crippen LogP contribution in [0.2, 0.25) is 0 Å². The van der Waals surface area contributed by atoms with Crippen LogP contribution in [0, 0.1) is 5.92 Å². The second kappa shape index (κ2) is 4.05. The minimum Gasteiger partial charge on any atom is -0.381 e. The fourth-order valence-electron chi connectivity index (χ4n) is 1.54. The van der Waals surface area contributed by atoms with Gasteiger partial charge in [0.25, 0.3) is 0 Å². The van der Waals surface area contributed by atoms with Gasteiger partial charge in [-0.25, -0.2) is 9.97 Å². The Morgan fingerprint density at radius 1 is 1.43 bits per heavy atom.